The van der Waals surface area contributed by atoms with Crippen LogP contribution in [0.4, 0.5) is 5.82 Å². The molecule has 0 aliphatic heterocycles. The first-order valence-corrected chi connectivity index (χ1v) is 13.1. The van der Waals surface area contributed by atoms with Crippen LogP contribution in [0.5, 0.6) is 0 Å². The summed E-state index contributed by atoms with van der Waals surface area (Å²) in [7, 11) is -1.78. The van der Waals surface area contributed by atoms with Gasteiger partial charge in [0.1, 0.15) is 0 Å². The highest BCUT2D eigenvalue weighted by atomic mass is 35.5. The smallest absolute Gasteiger partial charge is 0.233 e. The number of anilines is 1. The van der Waals surface area contributed by atoms with E-state index in [-0.39, 0.29) is 21.4 Å². The SMILES string of the molecule is COC(C)(C)Cn1ccc(NC(=O)C(CC2CCCC2)c2ccc(S(C)(=O)=O)c(Cl)c2)n1. The molecule has 0 spiro atoms. The third kappa shape index (κ3) is 6.33. The fraction of sp³-hybridized carbons (Fsp3) is 0.565. The monoisotopic (exact) mass is 481 g/mol. The number of ether oxygens (including phenoxy) is 1. The summed E-state index contributed by atoms with van der Waals surface area (Å²) in [5.41, 5.74) is 0.336. The highest BCUT2D eigenvalue weighted by Crippen LogP contribution is 2.36. The molecular formula is C23H32ClN3O4S. The molecule has 3 rings (SSSR count). The number of methoxy groups -OCH3 is 1. The number of carbonyl (C=O) groups is 1. The highest BCUT2D eigenvalue weighted by Gasteiger charge is 2.28. The van der Waals surface area contributed by atoms with Gasteiger partial charge in [-0.3, -0.25) is 9.48 Å². The van der Waals surface area contributed by atoms with Crippen LogP contribution in [-0.4, -0.2) is 43.1 Å². The van der Waals surface area contributed by atoms with E-state index in [0.29, 0.717) is 30.3 Å². The predicted molar refractivity (Wildman–Crippen MR) is 126 cm³/mol. The summed E-state index contributed by atoms with van der Waals surface area (Å²) in [6, 6.07) is 6.55. The number of sulfone groups is 1. The van der Waals surface area contributed by atoms with Crippen LogP contribution in [0, 0.1) is 5.92 Å². The third-order valence-corrected chi connectivity index (χ3v) is 7.69. The summed E-state index contributed by atoms with van der Waals surface area (Å²) in [4.78, 5) is 13.4. The molecule has 1 aliphatic carbocycles. The predicted octanol–water partition coefficient (Wildman–Crippen LogP) is 4.67. The summed E-state index contributed by atoms with van der Waals surface area (Å²) < 4.78 is 31.0. The molecule has 1 N–H and O–H groups in total. The van der Waals surface area contributed by atoms with Crippen molar-refractivity contribution in [2.45, 2.75) is 68.9 Å². The Kier molecular flexibility index (Phi) is 7.68. The number of amides is 1. The Bertz CT molecular complexity index is 1060. The van der Waals surface area contributed by atoms with Crippen LogP contribution in [0.1, 0.15) is 57.4 Å². The third-order valence-electron chi connectivity index (χ3n) is 6.11. The van der Waals surface area contributed by atoms with Gasteiger partial charge in [-0.15, -0.1) is 0 Å². The number of aromatic nitrogens is 2. The van der Waals surface area contributed by atoms with Crippen LogP contribution in [0.25, 0.3) is 0 Å². The van der Waals surface area contributed by atoms with Crippen molar-refractivity contribution in [2.24, 2.45) is 5.92 Å². The molecule has 2 aromatic rings. The molecule has 7 nitrogen and oxygen atoms in total. The molecule has 0 saturated heterocycles. The molecule has 0 radical (unpaired) electrons. The zero-order valence-electron chi connectivity index (χ0n) is 19.1. The number of carbonyl (C=O) groups excluding carboxylic acids is 1. The molecule has 176 valence electrons. The van der Waals surface area contributed by atoms with E-state index in [4.69, 9.17) is 16.3 Å². The van der Waals surface area contributed by atoms with E-state index in [1.807, 2.05) is 13.8 Å². The Hall–Kier alpha value is -1.90. The number of nitrogens with zero attached hydrogens (tertiary/aromatic N) is 2. The maximum Gasteiger partial charge on any atom is 0.233 e. The second-order valence-corrected chi connectivity index (χ2v) is 11.6. The van der Waals surface area contributed by atoms with Crippen molar-refractivity contribution in [1.29, 1.82) is 0 Å². The molecule has 1 fully saturated rings. The van der Waals surface area contributed by atoms with Gasteiger partial charge >= 0.3 is 0 Å². The van der Waals surface area contributed by atoms with Crippen LogP contribution in [0.15, 0.2) is 35.4 Å². The molecule has 9 heteroatoms. The Balaban J connectivity index is 1.82. The Labute approximate surface area is 195 Å². The van der Waals surface area contributed by atoms with Gasteiger partial charge in [-0.05, 0) is 43.9 Å². The standard InChI is InChI=1S/C23H32ClN3O4S/c1-23(2,31-3)15-27-12-11-21(26-27)25-22(28)18(13-16-7-5-6-8-16)17-9-10-20(19(24)14-17)32(4,29)30/h9-12,14,16,18H,5-8,13,15H2,1-4H3,(H,25,26,28). The molecule has 1 aromatic heterocycles. The van der Waals surface area contributed by atoms with Crippen LogP contribution in [0.2, 0.25) is 5.02 Å². The summed E-state index contributed by atoms with van der Waals surface area (Å²) in [5.74, 6) is 0.317. The van der Waals surface area contributed by atoms with E-state index in [1.165, 1.54) is 18.9 Å². The van der Waals surface area contributed by atoms with Crippen molar-refractivity contribution in [3.8, 4) is 0 Å². The van der Waals surface area contributed by atoms with Gasteiger partial charge in [-0.25, -0.2) is 8.42 Å². The molecule has 1 amide bonds. The maximum absolute atomic E-state index is 13.3. The first-order valence-electron chi connectivity index (χ1n) is 10.9. The molecule has 32 heavy (non-hydrogen) atoms. The van der Waals surface area contributed by atoms with Gasteiger partial charge in [-0.2, -0.15) is 5.10 Å². The lowest BCUT2D eigenvalue weighted by Crippen LogP contribution is -2.29. The topological polar surface area (TPSA) is 90.3 Å². The maximum atomic E-state index is 13.3. The second kappa shape index (κ2) is 9.93. The molecule has 1 unspecified atom stereocenters. The van der Waals surface area contributed by atoms with Crippen molar-refractivity contribution in [3.63, 3.8) is 0 Å². The molecule has 1 aromatic carbocycles. The number of hydrogen-bond donors (Lipinski definition) is 1. The Morgan fingerprint density at radius 3 is 2.59 bits per heavy atom. The van der Waals surface area contributed by atoms with Crippen molar-refractivity contribution < 1.29 is 17.9 Å². The largest absolute Gasteiger partial charge is 0.377 e. The summed E-state index contributed by atoms with van der Waals surface area (Å²) in [6.07, 6.45) is 8.16. The molecular weight excluding hydrogens is 450 g/mol. The van der Waals surface area contributed by atoms with Crippen molar-refractivity contribution >= 4 is 33.2 Å². The van der Waals surface area contributed by atoms with E-state index in [0.717, 1.165) is 19.1 Å². The van der Waals surface area contributed by atoms with Crippen molar-refractivity contribution in [3.05, 3.63) is 41.0 Å². The van der Waals surface area contributed by atoms with E-state index in [2.05, 4.69) is 10.4 Å². The zero-order chi connectivity index (χ0) is 23.5. The van der Waals surface area contributed by atoms with E-state index in [1.54, 1.807) is 36.2 Å². The zero-order valence-corrected chi connectivity index (χ0v) is 20.7. The highest BCUT2D eigenvalue weighted by molar-refractivity contribution is 7.90. The lowest BCUT2D eigenvalue weighted by molar-refractivity contribution is -0.118. The number of benzene rings is 1. The Morgan fingerprint density at radius 1 is 1.31 bits per heavy atom. The second-order valence-electron chi connectivity index (χ2n) is 9.25. The van der Waals surface area contributed by atoms with Gasteiger partial charge in [0.05, 0.1) is 28.0 Å². The van der Waals surface area contributed by atoms with Gasteiger partial charge in [-0.1, -0.05) is 43.4 Å². The summed E-state index contributed by atoms with van der Waals surface area (Å²) in [6.45, 7) is 4.48. The molecule has 0 bridgehead atoms. The summed E-state index contributed by atoms with van der Waals surface area (Å²) in [5, 5.41) is 7.52. The van der Waals surface area contributed by atoms with Gasteiger partial charge < -0.3 is 10.1 Å². The quantitative estimate of drug-likeness (QED) is 0.562. The van der Waals surface area contributed by atoms with Crippen LogP contribution < -0.4 is 5.32 Å². The van der Waals surface area contributed by atoms with Crippen LogP contribution >= 0.6 is 11.6 Å². The van der Waals surface area contributed by atoms with E-state index >= 15 is 0 Å². The first kappa shape index (κ1) is 24.7. The lowest BCUT2D eigenvalue weighted by atomic mass is 9.87. The minimum Gasteiger partial charge on any atom is -0.377 e. The average molecular weight is 482 g/mol. The van der Waals surface area contributed by atoms with Crippen molar-refractivity contribution in [2.75, 3.05) is 18.7 Å². The Morgan fingerprint density at radius 2 is 2.00 bits per heavy atom. The molecule has 1 aliphatic rings. The van der Waals surface area contributed by atoms with Gasteiger partial charge in [0, 0.05) is 25.6 Å². The number of hydrogen-bond acceptors (Lipinski definition) is 5. The van der Waals surface area contributed by atoms with E-state index in [9.17, 15) is 13.2 Å². The molecule has 1 heterocycles. The van der Waals surface area contributed by atoms with Gasteiger partial charge in [0.2, 0.25) is 5.91 Å². The lowest BCUT2D eigenvalue weighted by Gasteiger charge is -2.22. The van der Waals surface area contributed by atoms with Gasteiger partial charge in [0.25, 0.3) is 0 Å². The fourth-order valence-electron chi connectivity index (χ4n) is 4.19. The van der Waals surface area contributed by atoms with E-state index < -0.39 is 15.8 Å². The van der Waals surface area contributed by atoms with Crippen LogP contribution in [-0.2, 0) is 25.9 Å². The minimum atomic E-state index is -3.44. The average Bonchev–Trinajstić information content (AvgIpc) is 3.36. The van der Waals surface area contributed by atoms with Gasteiger partial charge in [0.15, 0.2) is 15.7 Å². The summed E-state index contributed by atoms with van der Waals surface area (Å²) >= 11 is 6.28. The fourth-order valence-corrected chi connectivity index (χ4v) is 5.53. The number of nitrogens with one attached hydrogen (secondary N) is 1. The molecule has 1 saturated carbocycles. The minimum absolute atomic E-state index is 0.0717. The molecule has 1 atom stereocenters. The number of rotatable bonds is 9. The van der Waals surface area contributed by atoms with Crippen molar-refractivity contribution in [1.82, 2.24) is 9.78 Å². The first-order chi connectivity index (χ1) is 15.0. The normalized spacial score (nSPS) is 16.3. The van der Waals surface area contributed by atoms with Crippen LogP contribution in [0.3, 0.4) is 0 Å². The number of halogens is 1.